The Bertz CT molecular complexity index is 790. The number of nitrogens with zero attached hydrogens (tertiary/aromatic N) is 3. The van der Waals surface area contributed by atoms with Crippen molar-refractivity contribution in [2.75, 3.05) is 25.5 Å². The van der Waals surface area contributed by atoms with E-state index in [-0.39, 0.29) is 17.6 Å². The highest BCUT2D eigenvalue weighted by atomic mass is 19.1. The van der Waals surface area contributed by atoms with Gasteiger partial charge in [0.25, 0.3) is 5.91 Å². The molecule has 1 unspecified atom stereocenters. The molecule has 1 aliphatic rings. The molecule has 1 fully saturated rings. The lowest BCUT2D eigenvalue weighted by atomic mass is 10.2. The number of anilines is 1. The van der Waals surface area contributed by atoms with Crippen LogP contribution in [0, 0.1) is 5.82 Å². The number of hydrogen-bond donors (Lipinski definition) is 1. The summed E-state index contributed by atoms with van der Waals surface area (Å²) in [7, 11) is 3.74. The lowest BCUT2D eigenvalue weighted by Crippen LogP contribution is -2.41. The normalized spacial score (nSPS) is 16.7. The highest BCUT2D eigenvalue weighted by Crippen LogP contribution is 2.16. The van der Waals surface area contributed by atoms with E-state index in [9.17, 15) is 14.0 Å². The van der Waals surface area contributed by atoms with Crippen LogP contribution in [0.3, 0.4) is 0 Å². The molecule has 3 rings (SSSR count). The molecule has 0 bridgehead atoms. The number of benzene rings is 1. The standard InChI is InChI=1S/C19H21FN4O2/c1-23(2)17-8-5-14(11-21-17)18(25)22-16-9-10-24(19(16)26)12-13-3-6-15(20)7-4-13/h3-8,11,16H,9-10,12H2,1-2H3,(H,22,25). The summed E-state index contributed by atoms with van der Waals surface area (Å²) in [6.07, 6.45) is 2.05. The van der Waals surface area contributed by atoms with Gasteiger partial charge in [-0.15, -0.1) is 0 Å². The molecule has 1 atom stereocenters. The van der Waals surface area contributed by atoms with Crippen molar-refractivity contribution in [3.63, 3.8) is 0 Å². The van der Waals surface area contributed by atoms with Gasteiger partial charge in [-0.2, -0.15) is 0 Å². The number of hydrogen-bond acceptors (Lipinski definition) is 4. The van der Waals surface area contributed by atoms with Gasteiger partial charge in [-0.05, 0) is 36.2 Å². The molecule has 1 saturated heterocycles. The molecule has 2 amide bonds. The Morgan fingerprint density at radius 1 is 1.27 bits per heavy atom. The van der Waals surface area contributed by atoms with Gasteiger partial charge >= 0.3 is 0 Å². The fourth-order valence-corrected chi connectivity index (χ4v) is 2.87. The zero-order chi connectivity index (χ0) is 18.7. The molecule has 2 heterocycles. The molecule has 0 radical (unpaired) electrons. The number of rotatable bonds is 5. The lowest BCUT2D eigenvalue weighted by Gasteiger charge is -2.17. The van der Waals surface area contributed by atoms with Crippen molar-refractivity contribution in [3.05, 3.63) is 59.5 Å². The minimum absolute atomic E-state index is 0.124. The second kappa shape index (κ2) is 7.51. The summed E-state index contributed by atoms with van der Waals surface area (Å²) >= 11 is 0. The molecule has 0 saturated carbocycles. The monoisotopic (exact) mass is 356 g/mol. The maximum atomic E-state index is 13.0. The second-order valence-corrected chi connectivity index (χ2v) is 6.50. The largest absolute Gasteiger partial charge is 0.363 e. The summed E-state index contributed by atoms with van der Waals surface area (Å²) in [4.78, 5) is 32.6. The molecule has 6 nitrogen and oxygen atoms in total. The van der Waals surface area contributed by atoms with Gasteiger partial charge in [-0.1, -0.05) is 12.1 Å². The fraction of sp³-hybridized carbons (Fsp3) is 0.316. The summed E-state index contributed by atoms with van der Waals surface area (Å²) < 4.78 is 13.0. The van der Waals surface area contributed by atoms with Crippen molar-refractivity contribution in [1.29, 1.82) is 0 Å². The molecule has 0 aliphatic carbocycles. The topological polar surface area (TPSA) is 65.5 Å². The van der Waals surface area contributed by atoms with Gasteiger partial charge in [0, 0.05) is 33.4 Å². The Labute approximate surface area is 151 Å². The number of pyridine rings is 1. The van der Waals surface area contributed by atoms with Gasteiger partial charge in [0.1, 0.15) is 17.7 Å². The van der Waals surface area contributed by atoms with E-state index in [0.29, 0.717) is 25.1 Å². The van der Waals surface area contributed by atoms with E-state index in [1.165, 1.54) is 18.3 Å². The van der Waals surface area contributed by atoms with Crippen molar-refractivity contribution < 1.29 is 14.0 Å². The summed E-state index contributed by atoms with van der Waals surface area (Å²) in [6.45, 7) is 0.962. The van der Waals surface area contributed by atoms with E-state index in [0.717, 1.165) is 11.4 Å². The molecule has 0 spiro atoms. The number of carbonyl (C=O) groups excluding carboxylic acids is 2. The Morgan fingerprint density at radius 2 is 2.00 bits per heavy atom. The van der Waals surface area contributed by atoms with Gasteiger partial charge in [-0.25, -0.2) is 9.37 Å². The van der Waals surface area contributed by atoms with Gasteiger partial charge < -0.3 is 15.1 Å². The molecule has 1 aromatic carbocycles. The van der Waals surface area contributed by atoms with Crippen LogP contribution in [0.1, 0.15) is 22.3 Å². The van der Waals surface area contributed by atoms with Crippen LogP contribution < -0.4 is 10.2 Å². The highest BCUT2D eigenvalue weighted by Gasteiger charge is 2.32. The van der Waals surface area contributed by atoms with E-state index in [1.807, 2.05) is 19.0 Å². The van der Waals surface area contributed by atoms with E-state index in [4.69, 9.17) is 0 Å². The van der Waals surface area contributed by atoms with Crippen molar-refractivity contribution in [2.45, 2.75) is 19.0 Å². The first-order valence-electron chi connectivity index (χ1n) is 8.41. The van der Waals surface area contributed by atoms with Crippen LogP contribution >= 0.6 is 0 Å². The number of carbonyl (C=O) groups is 2. The molecule has 1 aliphatic heterocycles. The van der Waals surface area contributed by atoms with Gasteiger partial charge in [0.2, 0.25) is 5.91 Å². The smallest absolute Gasteiger partial charge is 0.253 e. The average Bonchev–Trinajstić information content (AvgIpc) is 2.97. The molecule has 136 valence electrons. The zero-order valence-electron chi connectivity index (χ0n) is 14.8. The average molecular weight is 356 g/mol. The van der Waals surface area contributed by atoms with Crippen molar-refractivity contribution in [1.82, 2.24) is 15.2 Å². The minimum atomic E-state index is -0.545. The fourth-order valence-electron chi connectivity index (χ4n) is 2.87. The summed E-state index contributed by atoms with van der Waals surface area (Å²) in [5.74, 6) is 0.00910. The summed E-state index contributed by atoms with van der Waals surface area (Å²) in [6, 6.07) is 8.97. The first-order valence-corrected chi connectivity index (χ1v) is 8.41. The van der Waals surface area contributed by atoms with Crippen LogP contribution in [0.4, 0.5) is 10.2 Å². The Balaban J connectivity index is 1.59. The minimum Gasteiger partial charge on any atom is -0.363 e. The predicted octanol–water partition coefficient (Wildman–Crippen LogP) is 1.82. The van der Waals surface area contributed by atoms with Gasteiger partial charge in [-0.3, -0.25) is 9.59 Å². The molecule has 2 aromatic rings. The van der Waals surface area contributed by atoms with Crippen LogP contribution in [-0.2, 0) is 11.3 Å². The first kappa shape index (κ1) is 17.8. The molecular formula is C19H21FN4O2. The van der Waals surface area contributed by atoms with E-state index in [2.05, 4.69) is 10.3 Å². The maximum absolute atomic E-state index is 13.0. The van der Waals surface area contributed by atoms with E-state index >= 15 is 0 Å². The molecule has 7 heteroatoms. The zero-order valence-corrected chi connectivity index (χ0v) is 14.8. The highest BCUT2D eigenvalue weighted by molar-refractivity contribution is 5.97. The first-order chi connectivity index (χ1) is 12.4. The lowest BCUT2D eigenvalue weighted by molar-refractivity contribution is -0.129. The summed E-state index contributed by atoms with van der Waals surface area (Å²) in [5.41, 5.74) is 1.27. The van der Waals surface area contributed by atoms with Crippen LogP contribution in [0.25, 0.3) is 0 Å². The van der Waals surface area contributed by atoms with Gasteiger partial charge in [0.15, 0.2) is 0 Å². The van der Waals surface area contributed by atoms with Crippen LogP contribution in [0.5, 0.6) is 0 Å². The molecule has 26 heavy (non-hydrogen) atoms. The van der Waals surface area contributed by atoms with Crippen molar-refractivity contribution in [3.8, 4) is 0 Å². The van der Waals surface area contributed by atoms with Crippen molar-refractivity contribution >= 4 is 17.6 Å². The second-order valence-electron chi connectivity index (χ2n) is 6.50. The van der Waals surface area contributed by atoms with E-state index in [1.54, 1.807) is 29.2 Å². The number of nitrogens with one attached hydrogen (secondary N) is 1. The number of amides is 2. The quantitative estimate of drug-likeness (QED) is 0.888. The third-order valence-corrected chi connectivity index (χ3v) is 4.36. The maximum Gasteiger partial charge on any atom is 0.253 e. The van der Waals surface area contributed by atoms with Crippen molar-refractivity contribution in [2.24, 2.45) is 0 Å². The summed E-state index contributed by atoms with van der Waals surface area (Å²) in [5, 5.41) is 2.77. The number of aromatic nitrogens is 1. The molecule has 1 N–H and O–H groups in total. The Morgan fingerprint density at radius 3 is 2.62 bits per heavy atom. The third kappa shape index (κ3) is 3.99. The van der Waals surface area contributed by atoms with E-state index < -0.39 is 6.04 Å². The SMILES string of the molecule is CN(C)c1ccc(C(=O)NC2CCN(Cc3ccc(F)cc3)C2=O)cn1. The predicted molar refractivity (Wildman–Crippen MR) is 96.3 cm³/mol. The van der Waals surface area contributed by atoms with Gasteiger partial charge in [0.05, 0.1) is 5.56 Å². The van der Waals surface area contributed by atoms with Crippen LogP contribution in [0.2, 0.25) is 0 Å². The molecular weight excluding hydrogens is 335 g/mol. The molecule has 1 aromatic heterocycles. The van der Waals surface area contributed by atoms with Crippen LogP contribution in [-0.4, -0.2) is 48.4 Å². The number of halogens is 1. The Hall–Kier alpha value is -2.96. The Kier molecular flexibility index (Phi) is 5.16. The number of likely N-dealkylation sites (tertiary alicyclic amines) is 1. The van der Waals surface area contributed by atoms with Crippen LogP contribution in [0.15, 0.2) is 42.6 Å². The third-order valence-electron chi connectivity index (χ3n) is 4.36.